The van der Waals surface area contributed by atoms with Crippen LogP contribution in [-0.4, -0.2) is 122 Å². The highest BCUT2D eigenvalue weighted by molar-refractivity contribution is 8.32. The zero-order valence-corrected chi connectivity index (χ0v) is 35.7. The average molecular weight is 853 g/mol. The summed E-state index contributed by atoms with van der Waals surface area (Å²) in [5.74, 6) is -2.01. The number of carbonyl (C=O) groups is 5. The summed E-state index contributed by atoms with van der Waals surface area (Å²) >= 11 is 0. The summed E-state index contributed by atoms with van der Waals surface area (Å²) in [5, 5.41) is 19.4. The van der Waals surface area contributed by atoms with Gasteiger partial charge >= 0.3 is 0 Å². The molecule has 4 aromatic rings. The second kappa shape index (κ2) is 20.6. The fourth-order valence-corrected chi connectivity index (χ4v) is 7.50. The van der Waals surface area contributed by atoms with E-state index < -0.39 is 64.7 Å². The maximum atomic E-state index is 14.1. The van der Waals surface area contributed by atoms with Crippen LogP contribution in [0.25, 0.3) is 22.5 Å². The number of nitrogens with zero attached hydrogens (tertiary/aromatic N) is 4. The maximum absolute atomic E-state index is 14.1. The van der Waals surface area contributed by atoms with Crippen LogP contribution < -0.4 is 42.2 Å². The summed E-state index contributed by atoms with van der Waals surface area (Å²) in [6, 6.07) is 17.6. The Morgan fingerprint density at radius 3 is 2.23 bits per heavy atom. The Morgan fingerprint density at radius 2 is 1.61 bits per heavy atom. The second-order valence-corrected chi connectivity index (χ2v) is 19.1. The minimum absolute atomic E-state index is 0.0212. The Hall–Kier alpha value is -6.55. The Kier molecular flexibility index (Phi) is 15.4. The first-order valence-corrected chi connectivity index (χ1v) is 22.3. The average Bonchev–Trinajstić information content (AvgIpc) is 3.24. The van der Waals surface area contributed by atoms with Crippen LogP contribution in [0.15, 0.2) is 71.8 Å². The minimum atomic E-state index is -1.33. The van der Waals surface area contributed by atoms with Gasteiger partial charge in [-0.25, -0.2) is 20.0 Å². The number of ether oxygens (including phenoxy) is 2. The van der Waals surface area contributed by atoms with E-state index in [0.29, 0.717) is 45.3 Å². The zero-order valence-electron chi connectivity index (χ0n) is 34.9. The van der Waals surface area contributed by atoms with E-state index >= 15 is 0 Å². The minimum Gasteiger partial charge on any atom is -0.492 e. The number of rotatable bonds is 14. The van der Waals surface area contributed by atoms with Crippen molar-refractivity contribution in [2.24, 2.45) is 11.5 Å². The topological polar surface area (TPSA) is 257 Å². The Balaban J connectivity index is 1.47. The fraction of sp³-hybridized carbons (Fsp3) is 0.349. The van der Waals surface area contributed by atoms with Gasteiger partial charge in [0.25, 0.3) is 5.91 Å². The number of carbonyl (C=O) groups excluding carboxylic acids is 5. The van der Waals surface area contributed by atoms with Crippen LogP contribution in [0.1, 0.15) is 33.2 Å². The van der Waals surface area contributed by atoms with Crippen LogP contribution in [-0.2, 0) is 25.6 Å². The van der Waals surface area contributed by atoms with Gasteiger partial charge in [-0.3, -0.25) is 24.0 Å². The lowest BCUT2D eigenvalue weighted by atomic mass is 9.93. The summed E-state index contributed by atoms with van der Waals surface area (Å²) in [5.41, 5.74) is 14.9. The molecule has 5 amide bonds. The third-order valence-corrected chi connectivity index (χ3v) is 11.4. The Bertz CT molecular complexity index is 2310. The maximum Gasteiger partial charge on any atom is 0.255 e. The number of benzene rings is 3. The van der Waals surface area contributed by atoms with Crippen LogP contribution in [0.5, 0.6) is 11.5 Å². The molecule has 1 aliphatic heterocycles. The number of nitrogens with two attached hydrogens (primary N) is 2. The number of amides is 5. The monoisotopic (exact) mass is 852 g/mol. The number of aromatic nitrogens is 2. The molecule has 1 aromatic heterocycles. The number of hydrogen-bond acceptors (Lipinski definition) is 12. The highest BCUT2D eigenvalue weighted by Gasteiger charge is 2.32. The molecule has 0 saturated heterocycles. The third-order valence-electron chi connectivity index (χ3n) is 9.73. The predicted octanol–water partition coefficient (Wildman–Crippen LogP) is 1.57. The Labute approximate surface area is 356 Å². The van der Waals surface area contributed by atoms with Gasteiger partial charge in [-0.2, -0.15) is 5.26 Å². The fourth-order valence-electron chi connectivity index (χ4n) is 6.55. The molecule has 0 fully saturated rings. The number of hydrogen-bond donors (Lipinski definition) is 6. The normalized spacial score (nSPS) is 15.5. The molecule has 2 heterocycles. The Morgan fingerprint density at radius 1 is 0.951 bits per heavy atom. The van der Waals surface area contributed by atoms with Crippen molar-refractivity contribution in [3.63, 3.8) is 0 Å². The molecule has 3 aromatic carbocycles. The molecule has 2 unspecified atom stereocenters. The van der Waals surface area contributed by atoms with Crippen LogP contribution in [0, 0.1) is 18.3 Å². The van der Waals surface area contributed by atoms with Crippen molar-refractivity contribution >= 4 is 39.6 Å². The third kappa shape index (κ3) is 11.6. The zero-order chi connectivity index (χ0) is 44.3. The molecule has 0 radical (unpaired) electrons. The molecule has 1 aliphatic rings. The molecule has 0 spiro atoms. The number of aryl methyl sites for hydroxylation is 1. The van der Waals surface area contributed by atoms with Gasteiger partial charge < -0.3 is 47.1 Å². The lowest BCUT2D eigenvalue weighted by molar-refractivity contribution is -0.139. The van der Waals surface area contributed by atoms with E-state index in [-0.39, 0.29) is 44.8 Å². The van der Waals surface area contributed by atoms with E-state index in [1.54, 1.807) is 43.3 Å². The van der Waals surface area contributed by atoms with Crippen molar-refractivity contribution < 1.29 is 33.4 Å². The van der Waals surface area contributed by atoms with Crippen LogP contribution >= 0.6 is 10.0 Å². The molecule has 61 heavy (non-hydrogen) atoms. The summed E-state index contributed by atoms with van der Waals surface area (Å²) in [6.45, 7) is 1.07. The first-order valence-electron chi connectivity index (χ1n) is 19.5. The van der Waals surface area contributed by atoms with Crippen molar-refractivity contribution in [2.45, 2.75) is 30.3 Å². The molecule has 0 saturated carbocycles. The number of nitriles is 1. The lowest BCUT2D eigenvalue weighted by Crippen LogP contribution is -2.52. The summed E-state index contributed by atoms with van der Waals surface area (Å²) < 4.78 is 12.1. The van der Waals surface area contributed by atoms with Gasteiger partial charge in [-0.05, 0) is 78.1 Å². The first kappa shape index (κ1) is 45.5. The summed E-state index contributed by atoms with van der Waals surface area (Å²) in [6.07, 6.45) is 8.05. The van der Waals surface area contributed by atoms with Crippen molar-refractivity contribution in [1.29, 1.82) is 5.26 Å². The van der Waals surface area contributed by atoms with E-state index in [1.807, 2.05) is 18.2 Å². The van der Waals surface area contributed by atoms with Crippen molar-refractivity contribution in [3.8, 4) is 40.1 Å². The van der Waals surface area contributed by atoms with Gasteiger partial charge in [-0.1, -0.05) is 24.3 Å². The van der Waals surface area contributed by atoms with Crippen LogP contribution in [0.3, 0.4) is 0 Å². The van der Waals surface area contributed by atoms with Crippen molar-refractivity contribution in [2.75, 3.05) is 71.8 Å². The van der Waals surface area contributed by atoms with Gasteiger partial charge in [0.2, 0.25) is 23.6 Å². The second-order valence-electron chi connectivity index (χ2n) is 14.9. The first-order chi connectivity index (χ1) is 29.1. The summed E-state index contributed by atoms with van der Waals surface area (Å²) in [4.78, 5) is 79.2. The highest BCUT2D eigenvalue weighted by atomic mass is 32.3. The van der Waals surface area contributed by atoms with Gasteiger partial charge in [0, 0.05) is 49.4 Å². The van der Waals surface area contributed by atoms with E-state index in [1.165, 1.54) is 18.1 Å². The molecule has 5 rings (SSSR count). The molecule has 322 valence electrons. The molecule has 8 N–H and O–H groups in total. The van der Waals surface area contributed by atoms with Crippen molar-refractivity contribution in [3.05, 3.63) is 89.2 Å². The van der Waals surface area contributed by atoms with Gasteiger partial charge in [0.15, 0.2) is 5.82 Å². The number of nitrogens with one attached hydrogen (secondary N) is 4. The lowest BCUT2D eigenvalue weighted by Gasteiger charge is -2.29. The molecule has 2 atom stereocenters. The van der Waals surface area contributed by atoms with Gasteiger partial charge in [-0.15, -0.1) is 0 Å². The molecule has 4 bridgehead atoms. The molecule has 0 aliphatic carbocycles. The van der Waals surface area contributed by atoms with Crippen molar-refractivity contribution in [1.82, 2.24) is 36.1 Å². The quantitative estimate of drug-likeness (QED) is 0.0989. The smallest absolute Gasteiger partial charge is 0.255 e. The van der Waals surface area contributed by atoms with E-state index in [0.717, 1.165) is 10.5 Å². The molecular weight excluding hydrogens is 801 g/mol. The predicted molar refractivity (Wildman–Crippen MR) is 232 cm³/mol. The largest absolute Gasteiger partial charge is 0.492 e. The van der Waals surface area contributed by atoms with Crippen LogP contribution in [0.4, 0.5) is 0 Å². The van der Waals surface area contributed by atoms with E-state index in [9.17, 15) is 24.0 Å². The van der Waals surface area contributed by atoms with Gasteiger partial charge in [0.1, 0.15) is 43.3 Å². The standard InChI is InChI=1S/C43H52N10O7S/c1-26-33(23-48-40(51-26)28-7-10-30(11-8-28)61(3,4)5)41(56)50-25-38(55)53(2)39-29-9-13-36(60-19-16-46)32(22-29)31-20-27(6-12-35(31)59-18-15-45)21-34(42(57)47-17-14-44)52-37(54)24-49-43(39)58/h6-13,20,22-23,34,39H,15-19,21,24-25,45-46H2,1-5H3,(H,47,57)(H,49,58)(H,50,56)(H,52,54). The SMILES string of the molecule is Cc1nc(-c2ccc(S(C)(C)C)cc2)ncc1C(=O)NCC(=O)N(C)C1C(=O)NCC(=O)NC(C(=O)NCC#N)Cc2ccc(OCCN)c(c2)-c2cc1ccc2OCCN. The molecular formula is C43H52N10O7S. The molecule has 18 heteroatoms. The highest BCUT2D eigenvalue weighted by Crippen LogP contribution is 2.45. The summed E-state index contributed by atoms with van der Waals surface area (Å²) in [7, 11) is 0.494. The van der Waals surface area contributed by atoms with Crippen LogP contribution in [0.2, 0.25) is 0 Å². The number of fused-ring (bicyclic) bond motifs is 5. The molecule has 17 nitrogen and oxygen atoms in total. The van der Waals surface area contributed by atoms with E-state index in [2.05, 4.69) is 62.1 Å². The number of likely N-dealkylation sites (N-methyl/N-ethyl adjacent to an activating group) is 1. The van der Waals surface area contributed by atoms with Gasteiger partial charge in [0.05, 0.1) is 30.4 Å². The van der Waals surface area contributed by atoms with E-state index in [4.69, 9.17) is 26.2 Å².